The fraction of sp³-hybridized carbons (Fsp3) is 0.312. The predicted octanol–water partition coefficient (Wildman–Crippen LogP) is 2.94. The average Bonchev–Trinajstić information content (AvgIpc) is 3.05. The van der Waals surface area contributed by atoms with Crippen molar-refractivity contribution in [3.05, 3.63) is 42.5 Å². The molecule has 0 fully saturated rings. The van der Waals surface area contributed by atoms with Gasteiger partial charge >= 0.3 is 0 Å². The largest absolute Gasteiger partial charge is 0.497 e. The summed E-state index contributed by atoms with van der Waals surface area (Å²) in [6.07, 6.45) is 1.75. The molecule has 0 aliphatic rings. The maximum absolute atomic E-state index is 12.2. The van der Waals surface area contributed by atoms with Crippen LogP contribution in [0.5, 0.6) is 5.75 Å². The molecule has 8 heteroatoms. The lowest BCUT2D eigenvalue weighted by Crippen LogP contribution is -2.30. The van der Waals surface area contributed by atoms with Crippen LogP contribution in [-0.4, -0.2) is 35.0 Å². The molecule has 0 saturated carbocycles. The van der Waals surface area contributed by atoms with E-state index in [9.17, 15) is 4.79 Å². The molecular weight excluding hydrogens is 344 g/mol. The van der Waals surface area contributed by atoms with Gasteiger partial charge in [0.25, 0.3) is 0 Å². The molecule has 1 aromatic heterocycles. The number of rotatable bonds is 9. The van der Waals surface area contributed by atoms with Gasteiger partial charge in [-0.25, -0.2) is 0 Å². The molecule has 0 saturated heterocycles. The summed E-state index contributed by atoms with van der Waals surface area (Å²) in [6.45, 7) is 6.61. The fourth-order valence-electron chi connectivity index (χ4n) is 1.77. The molecule has 2 aromatic rings. The minimum atomic E-state index is -0.247. The van der Waals surface area contributed by atoms with E-state index in [1.165, 1.54) is 23.1 Å². The van der Waals surface area contributed by atoms with E-state index >= 15 is 0 Å². The first kappa shape index (κ1) is 18.3. The van der Waals surface area contributed by atoms with Crippen LogP contribution in [0.4, 0.5) is 5.13 Å². The predicted molar refractivity (Wildman–Crippen MR) is 98.8 cm³/mol. The number of amides is 1. The molecule has 0 aliphatic heterocycles. The normalized spacial score (nSPS) is 11.6. The number of hydrogen-bond donors (Lipinski definition) is 2. The monoisotopic (exact) mass is 364 g/mol. The summed E-state index contributed by atoms with van der Waals surface area (Å²) in [4.78, 5) is 12.2. The van der Waals surface area contributed by atoms with Crippen molar-refractivity contribution >= 4 is 34.1 Å². The summed E-state index contributed by atoms with van der Waals surface area (Å²) in [5.41, 5.74) is 1.02. The van der Waals surface area contributed by atoms with E-state index in [1.54, 1.807) is 13.2 Å². The van der Waals surface area contributed by atoms with Crippen molar-refractivity contribution in [2.75, 3.05) is 19.0 Å². The second-order valence-corrected chi connectivity index (χ2v) is 7.43. The van der Waals surface area contributed by atoms with Gasteiger partial charge in [-0.05, 0) is 24.6 Å². The van der Waals surface area contributed by atoms with E-state index in [0.29, 0.717) is 13.1 Å². The van der Waals surface area contributed by atoms with Crippen molar-refractivity contribution in [2.24, 2.45) is 0 Å². The maximum Gasteiger partial charge on any atom is 0.233 e. The Morgan fingerprint density at radius 1 is 1.42 bits per heavy atom. The van der Waals surface area contributed by atoms with Crippen LogP contribution in [0.25, 0.3) is 0 Å². The van der Waals surface area contributed by atoms with Crippen LogP contribution in [0.1, 0.15) is 12.5 Å². The Hall–Kier alpha value is -2.06. The van der Waals surface area contributed by atoms with Crippen molar-refractivity contribution in [3.63, 3.8) is 0 Å². The molecule has 1 atom stereocenters. The van der Waals surface area contributed by atoms with Gasteiger partial charge in [0.2, 0.25) is 11.0 Å². The highest BCUT2D eigenvalue weighted by molar-refractivity contribution is 8.02. The first-order valence-corrected chi connectivity index (χ1v) is 9.07. The maximum atomic E-state index is 12.2. The molecule has 24 heavy (non-hydrogen) atoms. The second-order valence-electron chi connectivity index (χ2n) is 4.87. The Bertz CT molecular complexity index is 673. The molecule has 128 valence electrons. The quantitative estimate of drug-likeness (QED) is 0.526. The molecule has 1 heterocycles. The van der Waals surface area contributed by atoms with Crippen LogP contribution in [-0.2, 0) is 11.3 Å². The Morgan fingerprint density at radius 3 is 2.83 bits per heavy atom. The summed E-state index contributed by atoms with van der Waals surface area (Å²) >= 11 is 2.82. The highest BCUT2D eigenvalue weighted by Crippen LogP contribution is 2.28. The van der Waals surface area contributed by atoms with Gasteiger partial charge in [0.05, 0.1) is 12.4 Å². The zero-order valence-electron chi connectivity index (χ0n) is 13.6. The molecular formula is C16H20N4O2S2. The van der Waals surface area contributed by atoms with Gasteiger partial charge in [-0.15, -0.1) is 16.8 Å². The number of carbonyl (C=O) groups is 1. The zero-order valence-corrected chi connectivity index (χ0v) is 15.2. The minimum Gasteiger partial charge on any atom is -0.497 e. The molecule has 0 spiro atoms. The lowest BCUT2D eigenvalue weighted by atomic mass is 10.2. The Morgan fingerprint density at radius 2 is 2.17 bits per heavy atom. The van der Waals surface area contributed by atoms with Crippen LogP contribution in [0, 0.1) is 0 Å². The summed E-state index contributed by atoms with van der Waals surface area (Å²) in [5, 5.41) is 14.6. The summed E-state index contributed by atoms with van der Waals surface area (Å²) in [6, 6.07) is 7.61. The zero-order chi connectivity index (χ0) is 17.4. The van der Waals surface area contributed by atoms with Gasteiger partial charge in [-0.2, -0.15) is 0 Å². The molecule has 0 unspecified atom stereocenters. The number of nitrogens with zero attached hydrogens (tertiary/aromatic N) is 2. The van der Waals surface area contributed by atoms with E-state index in [-0.39, 0.29) is 11.2 Å². The number of nitrogens with one attached hydrogen (secondary N) is 2. The number of aromatic nitrogens is 2. The fourth-order valence-corrected chi connectivity index (χ4v) is 3.70. The van der Waals surface area contributed by atoms with Gasteiger partial charge < -0.3 is 15.4 Å². The highest BCUT2D eigenvalue weighted by Gasteiger charge is 2.16. The molecule has 1 aromatic carbocycles. The number of ether oxygens (including phenoxy) is 1. The van der Waals surface area contributed by atoms with Gasteiger partial charge in [0, 0.05) is 13.1 Å². The van der Waals surface area contributed by atoms with Gasteiger partial charge in [0.1, 0.15) is 5.75 Å². The number of benzene rings is 1. The molecule has 2 N–H and O–H groups in total. The third-order valence-corrected chi connectivity index (χ3v) is 5.14. The lowest BCUT2D eigenvalue weighted by molar-refractivity contribution is -0.120. The Labute approximate surface area is 149 Å². The van der Waals surface area contributed by atoms with E-state index in [4.69, 9.17) is 4.74 Å². The van der Waals surface area contributed by atoms with Gasteiger partial charge in [-0.3, -0.25) is 4.79 Å². The SMILES string of the molecule is C=CCNc1nnc(S[C@@H](C)C(=O)NCc2ccc(OC)cc2)s1. The van der Waals surface area contributed by atoms with Crippen LogP contribution in [0.15, 0.2) is 41.3 Å². The van der Waals surface area contributed by atoms with Crippen LogP contribution in [0.3, 0.4) is 0 Å². The lowest BCUT2D eigenvalue weighted by Gasteiger charge is -2.10. The van der Waals surface area contributed by atoms with E-state index in [2.05, 4.69) is 27.4 Å². The first-order chi connectivity index (χ1) is 11.6. The molecule has 1 amide bonds. The number of carbonyl (C=O) groups excluding carboxylic acids is 1. The topological polar surface area (TPSA) is 76.1 Å². The van der Waals surface area contributed by atoms with E-state index in [1.807, 2.05) is 31.2 Å². The van der Waals surface area contributed by atoms with Crippen LogP contribution in [0.2, 0.25) is 0 Å². The second kappa shape index (κ2) is 9.29. The van der Waals surface area contributed by atoms with Gasteiger partial charge in [-0.1, -0.05) is 41.3 Å². The third kappa shape index (κ3) is 5.54. The molecule has 0 radical (unpaired) electrons. The standard InChI is InChI=1S/C16H20N4O2S2/c1-4-9-17-15-19-20-16(24-15)23-11(2)14(21)18-10-12-5-7-13(22-3)8-6-12/h4-8,11H,1,9-10H2,2-3H3,(H,17,19)(H,18,21)/t11-/m0/s1. The van der Waals surface area contributed by atoms with Crippen molar-refractivity contribution in [1.82, 2.24) is 15.5 Å². The van der Waals surface area contributed by atoms with E-state index in [0.717, 1.165) is 20.8 Å². The molecule has 6 nitrogen and oxygen atoms in total. The van der Waals surface area contributed by atoms with Crippen LogP contribution < -0.4 is 15.4 Å². The van der Waals surface area contributed by atoms with Crippen molar-refractivity contribution < 1.29 is 9.53 Å². The van der Waals surface area contributed by atoms with Crippen molar-refractivity contribution in [3.8, 4) is 5.75 Å². The number of hydrogen-bond acceptors (Lipinski definition) is 7. The Kier molecular flexibility index (Phi) is 7.07. The van der Waals surface area contributed by atoms with Crippen molar-refractivity contribution in [1.29, 1.82) is 0 Å². The van der Waals surface area contributed by atoms with Crippen LogP contribution >= 0.6 is 23.1 Å². The number of methoxy groups -OCH3 is 1. The number of thioether (sulfide) groups is 1. The number of anilines is 1. The molecule has 0 aliphatic carbocycles. The van der Waals surface area contributed by atoms with Gasteiger partial charge in [0.15, 0.2) is 4.34 Å². The average molecular weight is 364 g/mol. The third-order valence-electron chi connectivity index (χ3n) is 3.08. The molecule has 2 rings (SSSR count). The minimum absolute atomic E-state index is 0.0355. The summed E-state index contributed by atoms with van der Waals surface area (Å²) in [5.74, 6) is 0.762. The smallest absolute Gasteiger partial charge is 0.233 e. The molecule has 0 bridgehead atoms. The van der Waals surface area contributed by atoms with E-state index < -0.39 is 0 Å². The van der Waals surface area contributed by atoms with Crippen molar-refractivity contribution in [2.45, 2.75) is 23.1 Å². The summed E-state index contributed by atoms with van der Waals surface area (Å²) in [7, 11) is 1.63. The Balaban J connectivity index is 1.80. The summed E-state index contributed by atoms with van der Waals surface area (Å²) < 4.78 is 5.87. The first-order valence-electron chi connectivity index (χ1n) is 7.38. The highest BCUT2D eigenvalue weighted by atomic mass is 32.2.